The maximum absolute atomic E-state index is 6.11. The summed E-state index contributed by atoms with van der Waals surface area (Å²) >= 11 is 0. The molecule has 0 aromatic carbocycles. The lowest BCUT2D eigenvalue weighted by atomic mass is 9.93. The van der Waals surface area contributed by atoms with Crippen LogP contribution in [0, 0.1) is 5.92 Å². The molecule has 2 rings (SSSR count). The van der Waals surface area contributed by atoms with Crippen LogP contribution in [-0.2, 0) is 4.74 Å². The average Bonchev–Trinajstić information content (AvgIpc) is 2.30. The summed E-state index contributed by atoms with van der Waals surface area (Å²) in [5.74, 6) is 0.575. The zero-order valence-electron chi connectivity index (χ0n) is 10.0. The third-order valence-corrected chi connectivity index (χ3v) is 3.27. The zero-order valence-corrected chi connectivity index (χ0v) is 10.0. The van der Waals surface area contributed by atoms with E-state index in [9.17, 15) is 0 Å². The maximum Gasteiger partial charge on any atom is 0.0849 e. The molecule has 1 saturated heterocycles. The van der Waals surface area contributed by atoms with Crippen LogP contribution >= 0.6 is 0 Å². The van der Waals surface area contributed by atoms with Gasteiger partial charge in [0.1, 0.15) is 0 Å². The molecule has 0 saturated carbocycles. The minimum absolute atomic E-state index is 0.157. The van der Waals surface area contributed by atoms with Gasteiger partial charge in [-0.25, -0.2) is 0 Å². The predicted molar refractivity (Wildman–Crippen MR) is 65.0 cm³/mol. The number of nitrogens with two attached hydrogens (primary N) is 1. The SMILES string of the molecule is CC(C)C1CCCC(c2ccncc2N)O1. The minimum Gasteiger partial charge on any atom is -0.397 e. The lowest BCUT2D eigenvalue weighted by molar-refractivity contribution is -0.0723. The normalized spacial score (nSPS) is 25.9. The van der Waals surface area contributed by atoms with E-state index in [0.29, 0.717) is 12.0 Å². The molecular weight excluding hydrogens is 200 g/mol. The summed E-state index contributed by atoms with van der Waals surface area (Å²) in [4.78, 5) is 4.01. The van der Waals surface area contributed by atoms with Crippen molar-refractivity contribution in [1.82, 2.24) is 4.98 Å². The van der Waals surface area contributed by atoms with Crippen molar-refractivity contribution in [2.75, 3.05) is 5.73 Å². The van der Waals surface area contributed by atoms with Crippen molar-refractivity contribution in [2.45, 2.75) is 45.3 Å². The number of anilines is 1. The molecule has 1 aliphatic heterocycles. The Morgan fingerprint density at radius 2 is 2.25 bits per heavy atom. The molecule has 2 atom stereocenters. The first kappa shape index (κ1) is 11.4. The summed E-state index contributed by atoms with van der Waals surface area (Å²) in [6.07, 6.45) is 7.47. The summed E-state index contributed by atoms with van der Waals surface area (Å²) < 4.78 is 6.11. The van der Waals surface area contributed by atoms with Crippen molar-refractivity contribution in [3.8, 4) is 0 Å². The van der Waals surface area contributed by atoms with Gasteiger partial charge in [0, 0.05) is 11.8 Å². The first-order valence-corrected chi connectivity index (χ1v) is 6.03. The van der Waals surface area contributed by atoms with Gasteiger partial charge in [0.2, 0.25) is 0 Å². The summed E-state index contributed by atoms with van der Waals surface area (Å²) in [6, 6.07) is 1.97. The van der Waals surface area contributed by atoms with Gasteiger partial charge in [0.05, 0.1) is 24.1 Å². The highest BCUT2D eigenvalue weighted by molar-refractivity contribution is 5.45. The van der Waals surface area contributed by atoms with Crippen LogP contribution in [-0.4, -0.2) is 11.1 Å². The third kappa shape index (κ3) is 2.35. The van der Waals surface area contributed by atoms with E-state index in [1.807, 2.05) is 6.07 Å². The molecule has 0 bridgehead atoms. The maximum atomic E-state index is 6.11. The van der Waals surface area contributed by atoms with Gasteiger partial charge >= 0.3 is 0 Å². The first-order valence-electron chi connectivity index (χ1n) is 6.03. The summed E-state index contributed by atoms with van der Waals surface area (Å²) in [5, 5.41) is 0. The number of ether oxygens (including phenoxy) is 1. The first-order chi connectivity index (χ1) is 7.68. The van der Waals surface area contributed by atoms with Gasteiger partial charge in [-0.2, -0.15) is 0 Å². The van der Waals surface area contributed by atoms with Crippen LogP contribution in [0.3, 0.4) is 0 Å². The fraction of sp³-hybridized carbons (Fsp3) is 0.615. The quantitative estimate of drug-likeness (QED) is 0.833. The lowest BCUT2D eigenvalue weighted by Crippen LogP contribution is -2.27. The van der Waals surface area contributed by atoms with E-state index in [1.165, 1.54) is 12.8 Å². The highest BCUT2D eigenvalue weighted by atomic mass is 16.5. The van der Waals surface area contributed by atoms with E-state index in [2.05, 4.69) is 18.8 Å². The van der Waals surface area contributed by atoms with Gasteiger partial charge in [-0.15, -0.1) is 0 Å². The third-order valence-electron chi connectivity index (χ3n) is 3.27. The molecule has 1 aromatic heterocycles. The number of pyridine rings is 1. The van der Waals surface area contributed by atoms with Crippen LogP contribution in [0.5, 0.6) is 0 Å². The van der Waals surface area contributed by atoms with Gasteiger partial charge in [0.15, 0.2) is 0 Å². The Bertz CT molecular complexity index is 352. The largest absolute Gasteiger partial charge is 0.397 e. The molecule has 88 valence electrons. The molecule has 0 amide bonds. The summed E-state index contributed by atoms with van der Waals surface area (Å²) in [7, 11) is 0. The van der Waals surface area contributed by atoms with Gasteiger partial charge < -0.3 is 10.5 Å². The van der Waals surface area contributed by atoms with Crippen LogP contribution in [0.2, 0.25) is 0 Å². The second-order valence-electron chi connectivity index (χ2n) is 4.84. The Morgan fingerprint density at radius 3 is 2.94 bits per heavy atom. The molecular formula is C13H20N2O. The van der Waals surface area contributed by atoms with Crippen molar-refractivity contribution < 1.29 is 4.74 Å². The molecule has 2 heterocycles. The zero-order chi connectivity index (χ0) is 11.5. The second-order valence-corrected chi connectivity index (χ2v) is 4.84. The summed E-state index contributed by atoms with van der Waals surface area (Å²) in [6.45, 7) is 4.42. The van der Waals surface area contributed by atoms with E-state index in [-0.39, 0.29) is 6.10 Å². The van der Waals surface area contributed by atoms with Crippen molar-refractivity contribution in [3.63, 3.8) is 0 Å². The molecule has 0 aliphatic carbocycles. The minimum atomic E-state index is 0.157. The lowest BCUT2D eigenvalue weighted by Gasteiger charge is -2.33. The van der Waals surface area contributed by atoms with E-state index in [0.717, 1.165) is 17.7 Å². The van der Waals surface area contributed by atoms with E-state index in [1.54, 1.807) is 12.4 Å². The molecule has 3 heteroatoms. The van der Waals surface area contributed by atoms with Crippen LogP contribution in [0.1, 0.15) is 44.8 Å². The number of nitrogen functional groups attached to an aromatic ring is 1. The predicted octanol–water partition coefficient (Wildman–Crippen LogP) is 2.93. The van der Waals surface area contributed by atoms with Crippen molar-refractivity contribution >= 4 is 5.69 Å². The van der Waals surface area contributed by atoms with Crippen molar-refractivity contribution in [3.05, 3.63) is 24.0 Å². The van der Waals surface area contributed by atoms with E-state index < -0.39 is 0 Å². The molecule has 1 aromatic rings. The molecule has 2 unspecified atom stereocenters. The van der Waals surface area contributed by atoms with E-state index >= 15 is 0 Å². The number of hydrogen-bond acceptors (Lipinski definition) is 3. The molecule has 2 N–H and O–H groups in total. The van der Waals surface area contributed by atoms with Crippen molar-refractivity contribution in [2.24, 2.45) is 5.92 Å². The Labute approximate surface area is 97.0 Å². The molecule has 0 radical (unpaired) electrons. The highest BCUT2D eigenvalue weighted by Crippen LogP contribution is 2.35. The molecule has 0 spiro atoms. The number of aromatic nitrogens is 1. The van der Waals surface area contributed by atoms with E-state index in [4.69, 9.17) is 10.5 Å². The molecule has 1 aliphatic rings. The molecule has 16 heavy (non-hydrogen) atoms. The average molecular weight is 220 g/mol. The Hall–Kier alpha value is -1.09. The Kier molecular flexibility index (Phi) is 3.44. The van der Waals surface area contributed by atoms with Gasteiger partial charge in [-0.05, 0) is 31.2 Å². The highest BCUT2D eigenvalue weighted by Gasteiger charge is 2.26. The fourth-order valence-corrected chi connectivity index (χ4v) is 2.28. The molecule has 3 nitrogen and oxygen atoms in total. The second kappa shape index (κ2) is 4.83. The topological polar surface area (TPSA) is 48.1 Å². The van der Waals surface area contributed by atoms with Crippen LogP contribution < -0.4 is 5.73 Å². The fourth-order valence-electron chi connectivity index (χ4n) is 2.28. The number of nitrogens with zero attached hydrogens (tertiary/aromatic N) is 1. The van der Waals surface area contributed by atoms with Gasteiger partial charge in [-0.3, -0.25) is 4.98 Å². The van der Waals surface area contributed by atoms with Crippen LogP contribution in [0.25, 0.3) is 0 Å². The standard InChI is InChI=1S/C13H20N2O/c1-9(2)12-4-3-5-13(16-12)10-6-7-15-8-11(10)14/h6-9,12-13H,3-5,14H2,1-2H3. The number of hydrogen-bond donors (Lipinski definition) is 1. The van der Waals surface area contributed by atoms with Crippen LogP contribution in [0.4, 0.5) is 5.69 Å². The van der Waals surface area contributed by atoms with Gasteiger partial charge in [-0.1, -0.05) is 13.8 Å². The Morgan fingerprint density at radius 1 is 1.44 bits per heavy atom. The Balaban J connectivity index is 2.13. The smallest absolute Gasteiger partial charge is 0.0849 e. The van der Waals surface area contributed by atoms with Crippen molar-refractivity contribution in [1.29, 1.82) is 0 Å². The number of rotatable bonds is 2. The molecule has 1 fully saturated rings. The monoisotopic (exact) mass is 220 g/mol. The van der Waals surface area contributed by atoms with Crippen LogP contribution in [0.15, 0.2) is 18.5 Å². The summed E-state index contributed by atoms with van der Waals surface area (Å²) in [5.41, 5.74) is 7.78. The van der Waals surface area contributed by atoms with Gasteiger partial charge in [0.25, 0.3) is 0 Å².